The molecule has 13 heteroatoms. The van der Waals surface area contributed by atoms with E-state index in [0.29, 0.717) is 27.5 Å². The molecule has 0 saturated heterocycles. The maximum atomic E-state index is 11.6. The zero-order valence-electron chi connectivity index (χ0n) is 18.8. The molecule has 1 aliphatic heterocycles. The van der Waals surface area contributed by atoms with Crippen LogP contribution in [0.1, 0.15) is 35.4 Å². The van der Waals surface area contributed by atoms with Crippen molar-refractivity contribution in [2.75, 3.05) is 17.8 Å². The lowest BCUT2D eigenvalue weighted by Crippen LogP contribution is -2.36. The quantitative estimate of drug-likeness (QED) is 0.464. The number of carbonyl (C=O) groups is 2. The van der Waals surface area contributed by atoms with Crippen LogP contribution in [-0.2, 0) is 12.0 Å². The summed E-state index contributed by atoms with van der Waals surface area (Å²) in [7, 11) is 1.60. The minimum atomic E-state index is -1.69. The zero-order valence-corrected chi connectivity index (χ0v) is 19.6. The second kappa shape index (κ2) is 7.81. The van der Waals surface area contributed by atoms with Crippen LogP contribution in [0, 0.1) is 13.8 Å². The van der Waals surface area contributed by atoms with Crippen LogP contribution in [0.15, 0.2) is 11.2 Å². The van der Waals surface area contributed by atoms with Crippen molar-refractivity contribution in [3.63, 3.8) is 0 Å². The first kappa shape index (κ1) is 22.3. The summed E-state index contributed by atoms with van der Waals surface area (Å²) in [6, 6.07) is -0.170. The van der Waals surface area contributed by atoms with Gasteiger partial charge in [0, 0.05) is 34.5 Å². The number of aryl methyl sites for hydroxylation is 1. The monoisotopic (exact) mass is 485 g/mol. The van der Waals surface area contributed by atoms with Gasteiger partial charge in [0.05, 0.1) is 30.4 Å². The topological polar surface area (TPSA) is 170 Å². The number of aromatic nitrogens is 5. The molecule has 0 aromatic carbocycles. The Morgan fingerprint density at radius 1 is 1.29 bits per heavy atom. The Hall–Kier alpha value is -3.45. The Morgan fingerprint density at radius 2 is 2.00 bits per heavy atom. The lowest BCUT2D eigenvalue weighted by molar-refractivity contribution is 0.183. The number of methoxy groups -OCH3 is 1. The van der Waals surface area contributed by atoms with Gasteiger partial charge in [-0.1, -0.05) is 0 Å². The minimum Gasteiger partial charge on any atom is -0.496 e. The number of nitrogens with zero attached hydrogens (tertiary/aromatic N) is 6. The van der Waals surface area contributed by atoms with E-state index in [1.54, 1.807) is 18.0 Å². The molecule has 0 bridgehead atoms. The van der Waals surface area contributed by atoms with Crippen molar-refractivity contribution in [1.82, 2.24) is 24.7 Å². The van der Waals surface area contributed by atoms with Crippen LogP contribution in [0.4, 0.5) is 15.5 Å². The second-order valence-corrected chi connectivity index (χ2v) is 9.56. The van der Waals surface area contributed by atoms with Gasteiger partial charge in [0.15, 0.2) is 5.65 Å². The molecule has 3 aromatic heterocycles. The number of fused-ring (bicyclic) bond motifs is 1. The molecule has 1 aliphatic carbocycles. The number of nitrogens with two attached hydrogens (primary N) is 1. The first-order valence-corrected chi connectivity index (χ1v) is 11.6. The number of anilines is 1. The van der Waals surface area contributed by atoms with E-state index < -0.39 is 18.1 Å². The number of ether oxygens (including phenoxy) is 1. The first-order valence-electron chi connectivity index (χ1n) is 10.6. The number of hydrogen-bond acceptors (Lipinski definition) is 9. The Morgan fingerprint density at radius 3 is 2.62 bits per heavy atom. The van der Waals surface area contributed by atoms with Crippen molar-refractivity contribution < 1.29 is 24.5 Å². The van der Waals surface area contributed by atoms with E-state index in [1.807, 2.05) is 13.8 Å². The van der Waals surface area contributed by atoms with Gasteiger partial charge in [-0.2, -0.15) is 10.1 Å². The van der Waals surface area contributed by atoms with Crippen molar-refractivity contribution in [3.05, 3.63) is 28.7 Å². The lowest BCUT2D eigenvalue weighted by Gasteiger charge is -2.19. The van der Waals surface area contributed by atoms with E-state index >= 15 is 0 Å². The van der Waals surface area contributed by atoms with Crippen LogP contribution >= 0.6 is 11.8 Å². The van der Waals surface area contributed by atoms with Gasteiger partial charge in [-0.15, -0.1) is 16.7 Å². The number of carboxylic acid groups (broad SMARTS) is 2. The molecule has 2 amide bonds. The zero-order chi connectivity index (χ0) is 24.4. The molecule has 4 N–H and O–H groups in total. The number of rotatable bonds is 4. The molecule has 0 radical (unpaired) electrons. The highest BCUT2D eigenvalue weighted by Gasteiger charge is 2.54. The molecule has 1 spiro atoms. The number of hydrogen-bond donors (Lipinski definition) is 3. The summed E-state index contributed by atoms with van der Waals surface area (Å²) in [4.78, 5) is 36.6. The predicted molar refractivity (Wildman–Crippen MR) is 123 cm³/mol. The molecular weight excluding hydrogens is 462 g/mol. The Bertz CT molecular complexity index is 1340. The van der Waals surface area contributed by atoms with Crippen LogP contribution in [0.2, 0.25) is 0 Å². The van der Waals surface area contributed by atoms with Crippen molar-refractivity contribution in [2.24, 2.45) is 5.73 Å². The van der Waals surface area contributed by atoms with Gasteiger partial charge in [0.2, 0.25) is 5.95 Å². The van der Waals surface area contributed by atoms with Gasteiger partial charge in [-0.25, -0.2) is 19.3 Å². The molecular formula is C21H23N7O5S. The Balaban J connectivity index is 1.74. The van der Waals surface area contributed by atoms with Crippen LogP contribution < -0.4 is 15.4 Å². The summed E-state index contributed by atoms with van der Waals surface area (Å²) in [6.07, 6.45) is 0.0930. The van der Waals surface area contributed by atoms with E-state index in [4.69, 9.17) is 15.6 Å². The summed E-state index contributed by atoms with van der Waals surface area (Å²) in [5.74, 6) is 0.824. The summed E-state index contributed by atoms with van der Waals surface area (Å²) in [6.45, 7) is 4.04. The molecule has 1 atom stereocenters. The summed E-state index contributed by atoms with van der Waals surface area (Å²) >= 11 is 1.36. The van der Waals surface area contributed by atoms with E-state index in [0.717, 1.165) is 35.4 Å². The highest BCUT2D eigenvalue weighted by molar-refractivity contribution is 7.99. The summed E-state index contributed by atoms with van der Waals surface area (Å²) in [5.41, 5.74) is 9.79. The van der Waals surface area contributed by atoms with Crippen molar-refractivity contribution in [2.45, 2.75) is 49.7 Å². The fourth-order valence-electron chi connectivity index (χ4n) is 4.56. The fraction of sp³-hybridized carbons (Fsp3) is 0.429. The average Bonchev–Trinajstić information content (AvgIpc) is 3.52. The molecule has 3 aromatic rings. The van der Waals surface area contributed by atoms with E-state index in [1.165, 1.54) is 11.8 Å². The smallest absolute Gasteiger partial charge is 0.424 e. The lowest BCUT2D eigenvalue weighted by atomic mass is 9.93. The minimum absolute atomic E-state index is 0.101. The average molecular weight is 486 g/mol. The third-order valence-corrected chi connectivity index (χ3v) is 7.64. The SMILES string of the molecule is COc1c(C)cnc(Cn2nc3c4c(nc(N(C(=O)O)C(=O)O)nc42)SCC(N)C32CC2)c1C. The van der Waals surface area contributed by atoms with Crippen molar-refractivity contribution >= 4 is 40.9 Å². The van der Waals surface area contributed by atoms with Crippen LogP contribution in [-0.4, -0.2) is 66.0 Å². The first-order chi connectivity index (χ1) is 16.2. The summed E-state index contributed by atoms with van der Waals surface area (Å²) < 4.78 is 7.15. The molecule has 1 unspecified atom stereocenters. The Kier molecular flexibility index (Phi) is 5.13. The third kappa shape index (κ3) is 3.26. The van der Waals surface area contributed by atoms with Crippen LogP contribution in [0.3, 0.4) is 0 Å². The number of amides is 2. The fourth-order valence-corrected chi connectivity index (χ4v) is 5.70. The third-order valence-electron chi connectivity index (χ3n) is 6.55. The maximum Gasteiger partial charge on any atom is 0.424 e. The standard InChI is InChI=1S/C21H23N7O5S/c1-9-6-23-11(10(2)14(9)33-3)7-27-16-13-15(26-27)21(4-5-21)12(22)8-34-17(13)25-18(24-16)28(19(29)30)20(31)32/h6,12H,4-5,7-8,22H2,1-3H3,(H,29,30)(H,31,32). The molecule has 178 valence electrons. The molecule has 12 nitrogen and oxygen atoms in total. The van der Waals surface area contributed by atoms with Crippen LogP contribution in [0.25, 0.3) is 11.0 Å². The van der Waals surface area contributed by atoms with E-state index in [2.05, 4.69) is 15.0 Å². The molecule has 5 rings (SSSR count). The molecule has 2 aliphatic rings. The number of thioether (sulfide) groups is 1. The number of pyridine rings is 1. The molecule has 4 heterocycles. The van der Waals surface area contributed by atoms with E-state index in [-0.39, 0.29) is 22.9 Å². The predicted octanol–water partition coefficient (Wildman–Crippen LogP) is 2.52. The molecule has 34 heavy (non-hydrogen) atoms. The van der Waals surface area contributed by atoms with Gasteiger partial charge < -0.3 is 20.7 Å². The Labute approximate surface area is 198 Å². The van der Waals surface area contributed by atoms with Gasteiger partial charge in [0.1, 0.15) is 10.8 Å². The maximum absolute atomic E-state index is 11.6. The molecule has 1 fully saturated rings. The summed E-state index contributed by atoms with van der Waals surface area (Å²) in [5, 5.41) is 25.0. The van der Waals surface area contributed by atoms with Gasteiger partial charge in [-0.3, -0.25) is 4.98 Å². The van der Waals surface area contributed by atoms with Gasteiger partial charge >= 0.3 is 12.2 Å². The van der Waals surface area contributed by atoms with E-state index in [9.17, 15) is 19.8 Å². The molecule has 1 saturated carbocycles. The number of imide groups is 1. The highest BCUT2D eigenvalue weighted by Crippen LogP contribution is 2.55. The van der Waals surface area contributed by atoms with Crippen LogP contribution in [0.5, 0.6) is 5.75 Å². The van der Waals surface area contributed by atoms with Crippen molar-refractivity contribution in [3.8, 4) is 5.75 Å². The van der Waals surface area contributed by atoms with Gasteiger partial charge in [0.25, 0.3) is 0 Å². The van der Waals surface area contributed by atoms with Gasteiger partial charge in [-0.05, 0) is 26.7 Å². The second-order valence-electron chi connectivity index (χ2n) is 8.55. The highest BCUT2D eigenvalue weighted by atomic mass is 32.2. The van der Waals surface area contributed by atoms with Crippen molar-refractivity contribution in [1.29, 1.82) is 0 Å². The normalized spacial score (nSPS) is 18.1. The largest absolute Gasteiger partial charge is 0.496 e.